The lowest BCUT2D eigenvalue weighted by Gasteiger charge is -2.15. The summed E-state index contributed by atoms with van der Waals surface area (Å²) in [6.07, 6.45) is 2.29. The van der Waals surface area contributed by atoms with E-state index in [0.717, 1.165) is 5.56 Å². The molecule has 0 saturated carbocycles. The summed E-state index contributed by atoms with van der Waals surface area (Å²) in [5.74, 6) is -0.415. The predicted octanol–water partition coefficient (Wildman–Crippen LogP) is 2.19. The molecular formula is C23H23N5O3. The number of pyridine rings is 2. The van der Waals surface area contributed by atoms with Crippen LogP contribution in [-0.2, 0) is 4.74 Å². The number of rotatable bonds is 6. The molecule has 8 nitrogen and oxygen atoms in total. The number of hydrogen-bond donors (Lipinski definition) is 2. The van der Waals surface area contributed by atoms with E-state index in [0.29, 0.717) is 36.6 Å². The first-order valence-corrected chi connectivity index (χ1v) is 9.97. The Morgan fingerprint density at radius 1 is 1.19 bits per heavy atom. The lowest BCUT2D eigenvalue weighted by atomic mass is 10.1. The van der Waals surface area contributed by atoms with Crippen LogP contribution in [-0.4, -0.2) is 40.1 Å². The van der Waals surface area contributed by atoms with Crippen molar-refractivity contribution in [2.24, 2.45) is 0 Å². The van der Waals surface area contributed by atoms with Crippen molar-refractivity contribution in [2.45, 2.75) is 13.3 Å². The summed E-state index contributed by atoms with van der Waals surface area (Å²) >= 11 is 0. The Morgan fingerprint density at radius 3 is 2.71 bits per heavy atom. The van der Waals surface area contributed by atoms with Gasteiger partial charge in [-0.05, 0) is 43.7 Å². The topological polar surface area (TPSA) is 101 Å². The first-order valence-electron chi connectivity index (χ1n) is 9.97. The Labute approximate surface area is 178 Å². The molecule has 0 fully saturated rings. The normalized spacial score (nSPS) is 11.2. The van der Waals surface area contributed by atoms with Gasteiger partial charge < -0.3 is 10.1 Å². The SMILES string of the molecule is COCCCNC(=O)c1cc2c(=O)n3ccccc3nc2n(-c2ccc(C)cc2)c1=N. The van der Waals surface area contributed by atoms with Crippen molar-refractivity contribution in [1.29, 1.82) is 5.41 Å². The molecule has 0 aliphatic carbocycles. The Morgan fingerprint density at radius 2 is 1.97 bits per heavy atom. The van der Waals surface area contributed by atoms with E-state index in [2.05, 4.69) is 10.3 Å². The van der Waals surface area contributed by atoms with E-state index in [9.17, 15) is 9.59 Å². The van der Waals surface area contributed by atoms with Crippen molar-refractivity contribution in [3.05, 3.63) is 81.7 Å². The fraction of sp³-hybridized carbons (Fsp3) is 0.217. The highest BCUT2D eigenvalue weighted by Gasteiger charge is 2.18. The Kier molecular flexibility index (Phi) is 5.64. The molecule has 0 radical (unpaired) electrons. The van der Waals surface area contributed by atoms with Crippen molar-refractivity contribution in [3.63, 3.8) is 0 Å². The zero-order valence-corrected chi connectivity index (χ0v) is 17.4. The van der Waals surface area contributed by atoms with Gasteiger partial charge in [-0.1, -0.05) is 23.8 Å². The maximum atomic E-state index is 13.2. The summed E-state index contributed by atoms with van der Waals surface area (Å²) in [6.45, 7) is 2.90. The number of nitrogens with one attached hydrogen (secondary N) is 2. The van der Waals surface area contributed by atoms with Gasteiger partial charge in [0.25, 0.3) is 11.5 Å². The summed E-state index contributed by atoms with van der Waals surface area (Å²) in [5.41, 5.74) is 2.30. The van der Waals surface area contributed by atoms with E-state index < -0.39 is 5.91 Å². The third-order valence-electron chi connectivity index (χ3n) is 5.08. The van der Waals surface area contributed by atoms with Crippen LogP contribution in [0.2, 0.25) is 0 Å². The van der Waals surface area contributed by atoms with Crippen LogP contribution in [0.3, 0.4) is 0 Å². The minimum Gasteiger partial charge on any atom is -0.385 e. The second-order valence-electron chi connectivity index (χ2n) is 7.26. The number of benzene rings is 1. The molecule has 31 heavy (non-hydrogen) atoms. The van der Waals surface area contributed by atoms with Crippen LogP contribution < -0.4 is 16.4 Å². The number of aryl methyl sites for hydroxylation is 1. The van der Waals surface area contributed by atoms with Crippen molar-refractivity contribution in [3.8, 4) is 5.69 Å². The molecule has 0 spiro atoms. The van der Waals surface area contributed by atoms with Crippen LogP contribution in [0, 0.1) is 12.3 Å². The molecule has 0 bridgehead atoms. The summed E-state index contributed by atoms with van der Waals surface area (Å²) in [4.78, 5) is 30.7. The van der Waals surface area contributed by atoms with Crippen molar-refractivity contribution >= 4 is 22.6 Å². The number of nitrogens with zero attached hydrogens (tertiary/aromatic N) is 3. The molecule has 3 aromatic heterocycles. The Hall–Kier alpha value is -3.78. The van der Waals surface area contributed by atoms with E-state index in [1.165, 1.54) is 10.5 Å². The predicted molar refractivity (Wildman–Crippen MR) is 118 cm³/mol. The summed E-state index contributed by atoms with van der Waals surface area (Å²) < 4.78 is 7.99. The first kappa shape index (κ1) is 20.5. The number of methoxy groups -OCH3 is 1. The zero-order chi connectivity index (χ0) is 22.0. The third kappa shape index (κ3) is 3.85. The summed E-state index contributed by atoms with van der Waals surface area (Å²) in [7, 11) is 1.60. The van der Waals surface area contributed by atoms with Gasteiger partial charge in [-0.15, -0.1) is 0 Å². The van der Waals surface area contributed by atoms with E-state index in [1.54, 1.807) is 36.1 Å². The summed E-state index contributed by atoms with van der Waals surface area (Å²) in [6, 6.07) is 14.3. The molecule has 0 unspecified atom stereocenters. The monoisotopic (exact) mass is 417 g/mol. The van der Waals surface area contributed by atoms with Gasteiger partial charge in [-0.3, -0.25) is 24.0 Å². The average Bonchev–Trinajstić information content (AvgIpc) is 2.77. The molecule has 4 rings (SSSR count). The minimum atomic E-state index is -0.415. The second-order valence-corrected chi connectivity index (χ2v) is 7.26. The van der Waals surface area contributed by atoms with Crippen molar-refractivity contribution in [2.75, 3.05) is 20.3 Å². The molecule has 0 aliphatic heterocycles. The van der Waals surface area contributed by atoms with Crippen molar-refractivity contribution in [1.82, 2.24) is 19.3 Å². The second kappa shape index (κ2) is 8.53. The molecule has 8 heteroatoms. The zero-order valence-electron chi connectivity index (χ0n) is 17.4. The summed E-state index contributed by atoms with van der Waals surface area (Å²) in [5, 5.41) is 11.8. The number of carbonyl (C=O) groups excluding carboxylic acids is 1. The smallest absolute Gasteiger partial charge is 0.267 e. The van der Waals surface area contributed by atoms with Gasteiger partial charge >= 0.3 is 0 Å². The van der Waals surface area contributed by atoms with Crippen LogP contribution in [0.25, 0.3) is 22.4 Å². The molecule has 2 N–H and O–H groups in total. The number of aromatic nitrogens is 3. The van der Waals surface area contributed by atoms with Gasteiger partial charge in [-0.2, -0.15) is 0 Å². The lowest BCUT2D eigenvalue weighted by molar-refractivity contribution is 0.0946. The maximum Gasteiger partial charge on any atom is 0.267 e. The van der Waals surface area contributed by atoms with E-state index in [-0.39, 0.29) is 22.0 Å². The number of hydrogen-bond acceptors (Lipinski definition) is 5. The van der Waals surface area contributed by atoms with E-state index >= 15 is 0 Å². The molecule has 1 amide bonds. The highest BCUT2D eigenvalue weighted by Crippen LogP contribution is 2.16. The van der Waals surface area contributed by atoms with Crippen LogP contribution >= 0.6 is 0 Å². The minimum absolute atomic E-state index is 0.0345. The first-order chi connectivity index (χ1) is 15.0. The van der Waals surface area contributed by atoms with Crippen LogP contribution in [0.1, 0.15) is 22.3 Å². The Bertz CT molecular complexity index is 1390. The molecular weight excluding hydrogens is 394 g/mol. The average molecular weight is 417 g/mol. The maximum absolute atomic E-state index is 13.2. The van der Waals surface area contributed by atoms with Gasteiger partial charge in [0.05, 0.1) is 10.9 Å². The van der Waals surface area contributed by atoms with Crippen LogP contribution in [0.4, 0.5) is 0 Å². The number of amides is 1. The van der Waals surface area contributed by atoms with Gasteiger partial charge in [0, 0.05) is 32.1 Å². The molecule has 4 aromatic rings. The largest absolute Gasteiger partial charge is 0.385 e. The van der Waals surface area contributed by atoms with Gasteiger partial charge in [0.1, 0.15) is 11.1 Å². The number of carbonyl (C=O) groups is 1. The van der Waals surface area contributed by atoms with Crippen LogP contribution in [0.5, 0.6) is 0 Å². The molecule has 0 aliphatic rings. The van der Waals surface area contributed by atoms with Gasteiger partial charge in [0.2, 0.25) is 0 Å². The van der Waals surface area contributed by atoms with E-state index in [4.69, 9.17) is 10.1 Å². The van der Waals surface area contributed by atoms with Gasteiger partial charge in [0.15, 0.2) is 5.65 Å². The lowest BCUT2D eigenvalue weighted by Crippen LogP contribution is -2.35. The van der Waals surface area contributed by atoms with Crippen LogP contribution in [0.15, 0.2) is 59.5 Å². The standard InChI is InChI=1S/C23H23N5O3/c1-15-7-9-16(10-8-15)28-20(24)17(22(29)25-11-5-13-31-2)14-18-21(28)26-19-6-3-4-12-27(19)23(18)30/h3-4,6-10,12,14,24H,5,11,13H2,1-2H3,(H,25,29). The molecule has 3 heterocycles. The van der Waals surface area contributed by atoms with Gasteiger partial charge in [-0.25, -0.2) is 4.98 Å². The quantitative estimate of drug-likeness (QED) is 0.371. The highest BCUT2D eigenvalue weighted by molar-refractivity contribution is 5.97. The molecule has 1 aromatic carbocycles. The van der Waals surface area contributed by atoms with E-state index in [1.807, 2.05) is 31.2 Å². The van der Waals surface area contributed by atoms with Crippen molar-refractivity contribution < 1.29 is 9.53 Å². The molecule has 0 atom stereocenters. The fourth-order valence-electron chi connectivity index (χ4n) is 3.46. The fourth-order valence-corrected chi connectivity index (χ4v) is 3.46. The number of ether oxygens (including phenoxy) is 1. The highest BCUT2D eigenvalue weighted by atomic mass is 16.5. The number of fused-ring (bicyclic) bond motifs is 2. The third-order valence-corrected chi connectivity index (χ3v) is 5.08. The molecule has 0 saturated heterocycles. The molecule has 158 valence electrons. The Balaban J connectivity index is 1.98.